The number of halogens is 1. The van der Waals surface area contributed by atoms with Gasteiger partial charge in [-0.05, 0) is 42.2 Å². The molecule has 0 bridgehead atoms. The maximum absolute atomic E-state index is 12.7. The van der Waals surface area contributed by atoms with E-state index in [4.69, 9.17) is 16.3 Å². The predicted molar refractivity (Wildman–Crippen MR) is 91.8 cm³/mol. The molecule has 0 unspecified atom stereocenters. The number of hydrogen-bond acceptors (Lipinski definition) is 2. The second-order valence-electron chi connectivity index (χ2n) is 5.79. The van der Waals surface area contributed by atoms with E-state index in [-0.39, 0.29) is 11.9 Å². The summed E-state index contributed by atoms with van der Waals surface area (Å²) in [6.07, 6.45) is 2.39. The topological polar surface area (TPSA) is 29.5 Å². The van der Waals surface area contributed by atoms with Crippen LogP contribution in [0.3, 0.4) is 0 Å². The number of carbonyl (C=O) groups is 1. The molecule has 0 N–H and O–H groups in total. The number of benzene rings is 2. The van der Waals surface area contributed by atoms with E-state index in [9.17, 15) is 4.79 Å². The van der Waals surface area contributed by atoms with Crippen molar-refractivity contribution in [2.24, 2.45) is 0 Å². The Morgan fingerprint density at radius 2 is 1.96 bits per heavy atom. The largest absolute Gasteiger partial charge is 0.497 e. The molecule has 1 aliphatic heterocycles. The van der Waals surface area contributed by atoms with Gasteiger partial charge in [0.1, 0.15) is 5.75 Å². The minimum absolute atomic E-state index is 0.136. The molecular weight excluding hydrogens is 310 g/mol. The van der Waals surface area contributed by atoms with Gasteiger partial charge in [0, 0.05) is 11.6 Å². The molecule has 4 heteroatoms. The van der Waals surface area contributed by atoms with E-state index < -0.39 is 0 Å². The number of likely N-dealkylation sites (tertiary alicyclic amines) is 1. The van der Waals surface area contributed by atoms with Crippen molar-refractivity contribution in [1.29, 1.82) is 0 Å². The van der Waals surface area contributed by atoms with Crippen LogP contribution in [0.4, 0.5) is 0 Å². The molecule has 1 amide bonds. The third-order valence-corrected chi connectivity index (χ3v) is 4.74. The Hall–Kier alpha value is -2.00. The number of ether oxygens (including phenoxy) is 1. The molecule has 2 aromatic rings. The van der Waals surface area contributed by atoms with Crippen molar-refractivity contribution in [2.75, 3.05) is 13.7 Å². The van der Waals surface area contributed by atoms with Crippen molar-refractivity contribution >= 4 is 17.5 Å². The molecule has 0 spiro atoms. The van der Waals surface area contributed by atoms with Gasteiger partial charge in [0.2, 0.25) is 5.91 Å². The minimum atomic E-state index is 0.136. The number of amides is 1. The summed E-state index contributed by atoms with van der Waals surface area (Å²) in [6.45, 7) is 0.806. The highest BCUT2D eigenvalue weighted by atomic mass is 35.5. The average molecular weight is 330 g/mol. The first kappa shape index (κ1) is 15.9. The lowest BCUT2D eigenvalue weighted by molar-refractivity contribution is -0.131. The van der Waals surface area contributed by atoms with Crippen LogP contribution < -0.4 is 4.74 Å². The van der Waals surface area contributed by atoms with Gasteiger partial charge in [0.15, 0.2) is 0 Å². The van der Waals surface area contributed by atoms with Gasteiger partial charge in [-0.2, -0.15) is 0 Å². The summed E-state index contributed by atoms with van der Waals surface area (Å²) in [6, 6.07) is 15.7. The van der Waals surface area contributed by atoms with Crippen LogP contribution in [-0.2, 0) is 11.2 Å². The van der Waals surface area contributed by atoms with Gasteiger partial charge >= 0.3 is 0 Å². The first-order chi connectivity index (χ1) is 11.2. The lowest BCUT2D eigenvalue weighted by Gasteiger charge is -2.25. The normalized spacial score (nSPS) is 17.3. The fourth-order valence-corrected chi connectivity index (χ4v) is 3.35. The molecule has 0 aromatic heterocycles. The Morgan fingerprint density at radius 3 is 2.65 bits per heavy atom. The zero-order chi connectivity index (χ0) is 16.2. The van der Waals surface area contributed by atoms with E-state index in [1.165, 1.54) is 0 Å². The second kappa shape index (κ2) is 7.05. The van der Waals surface area contributed by atoms with Gasteiger partial charge < -0.3 is 9.64 Å². The summed E-state index contributed by atoms with van der Waals surface area (Å²) in [7, 11) is 1.66. The van der Waals surface area contributed by atoms with E-state index in [1.807, 2.05) is 53.4 Å². The van der Waals surface area contributed by atoms with Crippen molar-refractivity contribution in [2.45, 2.75) is 25.3 Å². The Morgan fingerprint density at radius 1 is 1.22 bits per heavy atom. The number of nitrogens with zero attached hydrogens (tertiary/aromatic N) is 1. The van der Waals surface area contributed by atoms with E-state index in [2.05, 4.69) is 0 Å². The molecule has 0 aliphatic carbocycles. The molecule has 3 nitrogen and oxygen atoms in total. The smallest absolute Gasteiger partial charge is 0.227 e. The van der Waals surface area contributed by atoms with Crippen molar-refractivity contribution in [3.05, 3.63) is 64.7 Å². The molecule has 1 heterocycles. The number of rotatable bonds is 4. The SMILES string of the molecule is COc1ccc([C@H]2CCCN2C(=O)Cc2ccccc2Cl)cc1. The number of carbonyl (C=O) groups excluding carboxylic acids is 1. The zero-order valence-electron chi connectivity index (χ0n) is 13.2. The van der Waals surface area contributed by atoms with Gasteiger partial charge in [-0.3, -0.25) is 4.79 Å². The molecule has 3 rings (SSSR count). The third kappa shape index (κ3) is 3.50. The summed E-state index contributed by atoms with van der Waals surface area (Å²) in [5.74, 6) is 0.970. The molecule has 1 aliphatic rings. The maximum Gasteiger partial charge on any atom is 0.227 e. The van der Waals surface area contributed by atoms with E-state index in [0.717, 1.165) is 36.3 Å². The highest BCUT2D eigenvalue weighted by Crippen LogP contribution is 2.33. The molecular formula is C19H20ClNO2. The molecule has 1 fully saturated rings. The van der Waals surface area contributed by atoms with E-state index in [0.29, 0.717) is 11.4 Å². The summed E-state index contributed by atoms with van der Waals surface area (Å²) in [5.41, 5.74) is 2.05. The van der Waals surface area contributed by atoms with Gasteiger partial charge in [-0.25, -0.2) is 0 Å². The summed E-state index contributed by atoms with van der Waals surface area (Å²) < 4.78 is 5.20. The van der Waals surface area contributed by atoms with Crippen LogP contribution in [-0.4, -0.2) is 24.5 Å². The number of hydrogen-bond donors (Lipinski definition) is 0. The quantitative estimate of drug-likeness (QED) is 0.839. The van der Waals surface area contributed by atoms with Crippen LogP contribution in [0.5, 0.6) is 5.75 Å². The Kier molecular flexibility index (Phi) is 4.87. The van der Waals surface area contributed by atoms with Crippen molar-refractivity contribution < 1.29 is 9.53 Å². The van der Waals surface area contributed by atoms with Crippen LogP contribution in [0.15, 0.2) is 48.5 Å². The third-order valence-electron chi connectivity index (χ3n) is 4.37. The van der Waals surface area contributed by atoms with Crippen molar-refractivity contribution in [3.8, 4) is 5.75 Å². The molecule has 23 heavy (non-hydrogen) atoms. The second-order valence-corrected chi connectivity index (χ2v) is 6.19. The van der Waals surface area contributed by atoms with Crippen LogP contribution >= 0.6 is 11.6 Å². The standard InChI is InChI=1S/C19H20ClNO2/c1-23-16-10-8-14(9-11-16)18-7-4-12-21(18)19(22)13-15-5-2-3-6-17(15)20/h2-3,5-6,8-11,18H,4,7,12-13H2,1H3/t18-/m1/s1. The number of methoxy groups -OCH3 is 1. The van der Waals surface area contributed by atoms with E-state index in [1.54, 1.807) is 7.11 Å². The highest BCUT2D eigenvalue weighted by Gasteiger charge is 2.30. The summed E-state index contributed by atoms with van der Waals surface area (Å²) in [4.78, 5) is 14.7. The van der Waals surface area contributed by atoms with Gasteiger partial charge in [-0.1, -0.05) is 41.9 Å². The van der Waals surface area contributed by atoms with Gasteiger partial charge in [0.05, 0.1) is 19.6 Å². The highest BCUT2D eigenvalue weighted by molar-refractivity contribution is 6.31. The van der Waals surface area contributed by atoms with Crippen LogP contribution in [0.25, 0.3) is 0 Å². The van der Waals surface area contributed by atoms with Crippen LogP contribution in [0.2, 0.25) is 5.02 Å². The lowest BCUT2D eigenvalue weighted by atomic mass is 10.0. The van der Waals surface area contributed by atoms with Crippen molar-refractivity contribution in [3.63, 3.8) is 0 Å². The first-order valence-corrected chi connectivity index (χ1v) is 8.23. The average Bonchev–Trinajstić information content (AvgIpc) is 3.07. The van der Waals surface area contributed by atoms with Gasteiger partial charge in [0.25, 0.3) is 0 Å². The Balaban J connectivity index is 1.75. The molecule has 0 saturated carbocycles. The summed E-state index contributed by atoms with van der Waals surface area (Å²) in [5, 5.41) is 0.654. The fraction of sp³-hybridized carbons (Fsp3) is 0.316. The van der Waals surface area contributed by atoms with E-state index >= 15 is 0 Å². The Bertz CT molecular complexity index is 684. The zero-order valence-corrected chi connectivity index (χ0v) is 13.9. The first-order valence-electron chi connectivity index (χ1n) is 7.86. The van der Waals surface area contributed by atoms with Crippen molar-refractivity contribution in [1.82, 2.24) is 4.90 Å². The van der Waals surface area contributed by atoms with Crippen LogP contribution in [0.1, 0.15) is 30.0 Å². The fourth-order valence-electron chi connectivity index (χ4n) is 3.14. The molecule has 0 radical (unpaired) electrons. The molecule has 1 saturated heterocycles. The summed E-state index contributed by atoms with van der Waals surface area (Å²) >= 11 is 6.18. The predicted octanol–water partition coefficient (Wildman–Crippen LogP) is 4.25. The molecule has 2 aromatic carbocycles. The lowest BCUT2D eigenvalue weighted by Crippen LogP contribution is -2.31. The Labute approximate surface area is 141 Å². The molecule has 120 valence electrons. The van der Waals surface area contributed by atoms with Gasteiger partial charge in [-0.15, -0.1) is 0 Å². The van der Waals surface area contributed by atoms with Crippen LogP contribution in [0, 0.1) is 0 Å². The maximum atomic E-state index is 12.7. The monoisotopic (exact) mass is 329 g/mol. The minimum Gasteiger partial charge on any atom is -0.497 e. The molecule has 1 atom stereocenters.